The summed E-state index contributed by atoms with van der Waals surface area (Å²) >= 11 is 0. The fourth-order valence-corrected chi connectivity index (χ4v) is 4.71. The molecule has 0 heterocycles. The van der Waals surface area contributed by atoms with Gasteiger partial charge in [0, 0.05) is 22.0 Å². The van der Waals surface area contributed by atoms with Crippen molar-refractivity contribution in [1.29, 1.82) is 0 Å². The number of aryl methyl sites for hydroxylation is 2. The summed E-state index contributed by atoms with van der Waals surface area (Å²) in [6.45, 7) is 11.0. The predicted octanol–water partition coefficient (Wildman–Crippen LogP) is 6.66. The highest BCUT2D eigenvalue weighted by atomic mass is 31.1. The molecule has 152 valence electrons. The first-order chi connectivity index (χ1) is 14.8. The molecule has 0 aliphatic carbocycles. The summed E-state index contributed by atoms with van der Waals surface area (Å²) in [7, 11) is -2.49. The zero-order chi connectivity index (χ0) is 22.3. The van der Waals surface area contributed by atoms with Crippen molar-refractivity contribution in [2.45, 2.75) is 33.5 Å². The van der Waals surface area contributed by atoms with Gasteiger partial charge in [-0.15, -0.1) is 5.54 Å². The van der Waals surface area contributed by atoms with E-state index in [2.05, 4.69) is 117 Å². The molecule has 2 heteroatoms. The van der Waals surface area contributed by atoms with Gasteiger partial charge in [0.2, 0.25) is 0 Å². The quantitative estimate of drug-likeness (QED) is 0.228. The first-order valence-corrected chi connectivity index (χ1v) is 15.2. The second-order valence-electron chi connectivity index (χ2n) is 8.46. The maximum Gasteiger partial charge on any atom is 0.129 e. The first kappa shape index (κ1) is 22.7. The molecule has 31 heavy (non-hydrogen) atoms. The molecule has 0 saturated carbocycles. The van der Waals surface area contributed by atoms with Crippen molar-refractivity contribution in [3.05, 3.63) is 101 Å². The Morgan fingerprint density at radius 2 is 1.03 bits per heavy atom. The molecule has 0 N–H and O–H groups in total. The molecule has 0 radical (unpaired) electrons. The van der Waals surface area contributed by atoms with Crippen LogP contribution in [0.1, 0.15) is 27.8 Å². The standard InChI is InChI=1S/C29H27PSi/c1-24-12-6-8-14-26(24)18-21-30(22-19-27-15-9-7-13-25(27)2)29-17-11-10-16-28(29)20-23-31(3,4)5/h6-17H,1-5H3. The number of hydrogen-bond donors (Lipinski definition) is 0. The van der Waals surface area contributed by atoms with Crippen LogP contribution in [0.5, 0.6) is 0 Å². The van der Waals surface area contributed by atoms with Gasteiger partial charge in [-0.25, -0.2) is 0 Å². The van der Waals surface area contributed by atoms with Crippen molar-refractivity contribution >= 4 is 21.3 Å². The molecule has 0 aromatic heterocycles. The maximum atomic E-state index is 3.51. The molecule has 0 aliphatic heterocycles. The third-order valence-corrected chi connectivity index (χ3v) is 7.03. The smallest absolute Gasteiger partial charge is 0.127 e. The molecular formula is C29H27PSi. The molecule has 3 aromatic carbocycles. The van der Waals surface area contributed by atoms with E-state index in [0.29, 0.717) is 0 Å². The highest BCUT2D eigenvalue weighted by Crippen LogP contribution is 2.33. The summed E-state index contributed by atoms with van der Waals surface area (Å²) in [5.74, 6) is 10.2. The minimum atomic E-state index is -1.48. The molecule has 0 amide bonds. The van der Waals surface area contributed by atoms with Crippen LogP contribution in [0.4, 0.5) is 0 Å². The van der Waals surface area contributed by atoms with E-state index in [1.807, 2.05) is 24.3 Å². The van der Waals surface area contributed by atoms with Crippen LogP contribution in [-0.2, 0) is 0 Å². The molecule has 0 aliphatic rings. The van der Waals surface area contributed by atoms with E-state index < -0.39 is 16.0 Å². The average molecular weight is 435 g/mol. The first-order valence-electron chi connectivity index (χ1n) is 10.4. The zero-order valence-corrected chi connectivity index (χ0v) is 20.8. The highest BCUT2D eigenvalue weighted by molar-refractivity contribution is 7.75. The summed E-state index contributed by atoms with van der Waals surface area (Å²) < 4.78 is 0. The summed E-state index contributed by atoms with van der Waals surface area (Å²) in [5.41, 5.74) is 16.0. The lowest BCUT2D eigenvalue weighted by molar-refractivity contribution is 1.44. The average Bonchev–Trinajstić information content (AvgIpc) is 2.74. The van der Waals surface area contributed by atoms with Gasteiger partial charge in [-0.05, 0) is 43.2 Å². The lowest BCUT2D eigenvalue weighted by atomic mass is 10.1. The van der Waals surface area contributed by atoms with Gasteiger partial charge in [-0.1, -0.05) is 103 Å². The molecule has 0 unspecified atom stereocenters. The normalized spacial score (nSPS) is 10.3. The van der Waals surface area contributed by atoms with Gasteiger partial charge < -0.3 is 0 Å². The third kappa shape index (κ3) is 6.74. The third-order valence-electron chi connectivity index (χ3n) is 4.61. The Balaban J connectivity index is 2.11. The van der Waals surface area contributed by atoms with Crippen LogP contribution in [0, 0.1) is 48.5 Å². The van der Waals surface area contributed by atoms with Crippen molar-refractivity contribution < 1.29 is 0 Å². The molecule has 0 atom stereocenters. The Morgan fingerprint density at radius 3 is 1.52 bits per heavy atom. The van der Waals surface area contributed by atoms with Crippen LogP contribution in [-0.4, -0.2) is 8.07 Å². The van der Waals surface area contributed by atoms with Crippen molar-refractivity contribution in [1.82, 2.24) is 0 Å². The van der Waals surface area contributed by atoms with Crippen LogP contribution < -0.4 is 5.30 Å². The number of rotatable bonds is 1. The van der Waals surface area contributed by atoms with Crippen molar-refractivity contribution in [2.24, 2.45) is 0 Å². The zero-order valence-electron chi connectivity index (χ0n) is 18.9. The monoisotopic (exact) mass is 434 g/mol. The second kappa shape index (κ2) is 10.3. The Bertz CT molecular complexity index is 1200. The molecule has 0 nitrogen and oxygen atoms in total. The van der Waals surface area contributed by atoms with Crippen molar-refractivity contribution in [3.63, 3.8) is 0 Å². The van der Waals surface area contributed by atoms with Crippen LogP contribution >= 0.6 is 7.92 Å². The van der Waals surface area contributed by atoms with E-state index in [4.69, 9.17) is 0 Å². The largest absolute Gasteiger partial charge is 0.129 e. The molecule has 3 rings (SSSR count). The number of benzene rings is 3. The van der Waals surface area contributed by atoms with E-state index in [-0.39, 0.29) is 0 Å². The molecule has 0 bridgehead atoms. The van der Waals surface area contributed by atoms with Crippen LogP contribution in [0.3, 0.4) is 0 Å². The summed E-state index contributed by atoms with van der Waals surface area (Å²) in [4.78, 5) is 0. The lowest BCUT2D eigenvalue weighted by Gasteiger charge is -2.09. The Labute approximate surface area is 189 Å². The van der Waals surface area contributed by atoms with Gasteiger partial charge in [0.05, 0.1) is 7.92 Å². The predicted molar refractivity (Wildman–Crippen MR) is 139 cm³/mol. The van der Waals surface area contributed by atoms with E-state index in [1.165, 1.54) is 11.1 Å². The van der Waals surface area contributed by atoms with Gasteiger partial charge >= 0.3 is 0 Å². The molecule has 0 spiro atoms. The molecule has 0 saturated heterocycles. The van der Waals surface area contributed by atoms with E-state index in [0.717, 1.165) is 22.0 Å². The summed E-state index contributed by atoms with van der Waals surface area (Å²) in [6.07, 6.45) is 0. The van der Waals surface area contributed by atoms with Crippen molar-refractivity contribution in [3.8, 4) is 34.6 Å². The Morgan fingerprint density at radius 1 is 0.581 bits per heavy atom. The summed E-state index contributed by atoms with van der Waals surface area (Å²) in [5, 5.41) is 1.14. The van der Waals surface area contributed by atoms with Crippen LogP contribution in [0.2, 0.25) is 19.6 Å². The van der Waals surface area contributed by atoms with Crippen LogP contribution in [0.15, 0.2) is 72.8 Å². The fourth-order valence-electron chi connectivity index (χ4n) is 2.84. The van der Waals surface area contributed by atoms with Gasteiger partial charge in [-0.3, -0.25) is 0 Å². The fraction of sp³-hybridized carbons (Fsp3) is 0.172. The lowest BCUT2D eigenvalue weighted by Crippen LogP contribution is -2.17. The molecule has 0 fully saturated rings. The minimum absolute atomic E-state index is 1.01. The van der Waals surface area contributed by atoms with E-state index >= 15 is 0 Å². The summed E-state index contributed by atoms with van der Waals surface area (Å²) in [6, 6.07) is 24.8. The van der Waals surface area contributed by atoms with Gasteiger partial charge in [-0.2, -0.15) is 0 Å². The molecular weight excluding hydrogens is 407 g/mol. The van der Waals surface area contributed by atoms with E-state index in [1.54, 1.807) is 0 Å². The maximum absolute atomic E-state index is 3.51. The van der Waals surface area contributed by atoms with Gasteiger partial charge in [0.1, 0.15) is 8.07 Å². The van der Waals surface area contributed by atoms with Crippen LogP contribution in [0.25, 0.3) is 0 Å². The van der Waals surface area contributed by atoms with Gasteiger partial charge in [0.25, 0.3) is 0 Å². The Hall–Kier alpha value is -3.01. The van der Waals surface area contributed by atoms with Gasteiger partial charge in [0.15, 0.2) is 0 Å². The number of hydrogen-bond acceptors (Lipinski definition) is 0. The Kier molecular flexibility index (Phi) is 7.56. The molecule has 3 aromatic rings. The topological polar surface area (TPSA) is 0 Å². The SMILES string of the molecule is Cc1ccccc1C#CP(C#Cc1ccccc1C)c1ccccc1C#C[Si](C)(C)C. The van der Waals surface area contributed by atoms with Crippen molar-refractivity contribution in [2.75, 3.05) is 0 Å². The minimum Gasteiger partial charge on any atom is -0.127 e. The van der Waals surface area contributed by atoms with E-state index in [9.17, 15) is 0 Å². The second-order valence-corrected chi connectivity index (χ2v) is 14.8. The highest BCUT2D eigenvalue weighted by Gasteiger charge is 2.12.